The Morgan fingerprint density at radius 2 is 2.21 bits per heavy atom. The largest absolute Gasteiger partial charge is 0.462 e. The Balaban J connectivity index is 2.65. The van der Waals surface area contributed by atoms with Crippen molar-refractivity contribution in [3.63, 3.8) is 0 Å². The third kappa shape index (κ3) is 2.30. The number of carbonyl (C=O) groups excluding carboxylic acids is 2. The summed E-state index contributed by atoms with van der Waals surface area (Å²) in [5.74, 6) is -1.43. The third-order valence-electron chi connectivity index (χ3n) is 2.51. The number of hydrogen-bond donors (Lipinski definition) is 2. The van der Waals surface area contributed by atoms with Crippen LogP contribution in [0.5, 0.6) is 0 Å². The molecule has 2 heterocycles. The molecule has 0 spiro atoms. The monoisotopic (exact) mass is 261 g/mol. The van der Waals surface area contributed by atoms with Gasteiger partial charge >= 0.3 is 5.97 Å². The van der Waals surface area contributed by atoms with E-state index in [1.54, 1.807) is 6.92 Å². The minimum atomic E-state index is -0.727. The van der Waals surface area contributed by atoms with Crippen LogP contribution in [0, 0.1) is 0 Å². The number of amides is 1. The molecule has 2 aromatic heterocycles. The lowest BCUT2D eigenvalue weighted by Gasteiger charge is -2.03. The van der Waals surface area contributed by atoms with Crippen LogP contribution in [0.2, 0.25) is 0 Å². The molecular formula is C12H11N3O4. The first-order chi connectivity index (χ1) is 9.04. The Labute approximate surface area is 107 Å². The quantitative estimate of drug-likeness (QED) is 0.766. The fraction of sp³-hybridized carbons (Fsp3) is 0.167. The molecule has 0 fully saturated rings. The highest BCUT2D eigenvalue weighted by atomic mass is 16.5. The van der Waals surface area contributed by atoms with Gasteiger partial charge in [0, 0.05) is 12.4 Å². The summed E-state index contributed by atoms with van der Waals surface area (Å²) in [6.07, 6.45) is 2.49. The number of aromatic amines is 1. The molecule has 1 amide bonds. The molecule has 98 valence electrons. The van der Waals surface area contributed by atoms with Crippen molar-refractivity contribution in [1.29, 1.82) is 0 Å². The van der Waals surface area contributed by atoms with Crippen molar-refractivity contribution >= 4 is 22.9 Å². The van der Waals surface area contributed by atoms with Gasteiger partial charge in [-0.05, 0) is 13.0 Å². The lowest BCUT2D eigenvalue weighted by Crippen LogP contribution is -2.19. The number of nitrogens with two attached hydrogens (primary N) is 1. The van der Waals surface area contributed by atoms with E-state index in [0.717, 1.165) is 0 Å². The number of nitrogens with one attached hydrogen (secondary N) is 1. The molecule has 0 aliphatic rings. The molecule has 2 rings (SSSR count). The standard InChI is InChI=1S/C12H11N3O4/c1-2-19-12(18)8-5-15-11-7(9(8)16)3-6(4-14-11)10(13)17/h3-5H,2H2,1H3,(H2,13,17)(H,14,15,16). The van der Waals surface area contributed by atoms with Crippen LogP contribution in [0.1, 0.15) is 27.6 Å². The van der Waals surface area contributed by atoms with E-state index in [-0.39, 0.29) is 28.8 Å². The number of esters is 1. The summed E-state index contributed by atoms with van der Waals surface area (Å²) in [4.78, 5) is 41.3. The average Bonchev–Trinajstić information content (AvgIpc) is 2.39. The van der Waals surface area contributed by atoms with Crippen molar-refractivity contribution in [2.45, 2.75) is 6.92 Å². The SMILES string of the molecule is CCOC(=O)c1c[nH]c2ncc(C(N)=O)cc2c1=O. The van der Waals surface area contributed by atoms with E-state index in [9.17, 15) is 14.4 Å². The molecule has 0 atom stereocenters. The van der Waals surface area contributed by atoms with Gasteiger partial charge in [0.15, 0.2) is 0 Å². The maximum absolute atomic E-state index is 12.1. The molecule has 3 N–H and O–H groups in total. The van der Waals surface area contributed by atoms with E-state index < -0.39 is 17.3 Å². The second kappa shape index (κ2) is 4.89. The minimum absolute atomic E-state index is 0.0963. The topological polar surface area (TPSA) is 115 Å². The summed E-state index contributed by atoms with van der Waals surface area (Å²) in [5.41, 5.74) is 4.79. The molecule has 0 saturated heterocycles. The van der Waals surface area contributed by atoms with Gasteiger partial charge in [0.25, 0.3) is 0 Å². The highest BCUT2D eigenvalue weighted by Gasteiger charge is 2.15. The second-order valence-electron chi connectivity index (χ2n) is 3.74. The van der Waals surface area contributed by atoms with Crippen LogP contribution < -0.4 is 11.2 Å². The zero-order chi connectivity index (χ0) is 14.0. The maximum atomic E-state index is 12.1. The van der Waals surface area contributed by atoms with E-state index in [1.165, 1.54) is 18.5 Å². The second-order valence-corrected chi connectivity index (χ2v) is 3.74. The Hall–Kier alpha value is -2.70. The van der Waals surface area contributed by atoms with Crippen LogP contribution in [-0.2, 0) is 4.74 Å². The number of nitrogens with zero attached hydrogens (tertiary/aromatic N) is 1. The van der Waals surface area contributed by atoms with Gasteiger partial charge in [-0.25, -0.2) is 9.78 Å². The molecule has 0 radical (unpaired) electrons. The van der Waals surface area contributed by atoms with Gasteiger partial charge in [0.2, 0.25) is 11.3 Å². The van der Waals surface area contributed by atoms with Gasteiger partial charge in [0.05, 0.1) is 17.6 Å². The molecule has 7 heteroatoms. The lowest BCUT2D eigenvalue weighted by atomic mass is 10.1. The first-order valence-corrected chi connectivity index (χ1v) is 5.53. The number of rotatable bonds is 3. The predicted molar refractivity (Wildman–Crippen MR) is 66.8 cm³/mol. The lowest BCUT2D eigenvalue weighted by molar-refractivity contribution is 0.0524. The van der Waals surface area contributed by atoms with Crippen molar-refractivity contribution in [3.8, 4) is 0 Å². The van der Waals surface area contributed by atoms with Gasteiger partial charge in [-0.15, -0.1) is 0 Å². The first-order valence-electron chi connectivity index (χ1n) is 5.53. The van der Waals surface area contributed by atoms with Crippen LogP contribution in [-0.4, -0.2) is 28.5 Å². The van der Waals surface area contributed by atoms with Crippen molar-refractivity contribution in [2.24, 2.45) is 5.73 Å². The van der Waals surface area contributed by atoms with E-state index in [0.29, 0.717) is 0 Å². The minimum Gasteiger partial charge on any atom is -0.462 e. The van der Waals surface area contributed by atoms with E-state index in [1.807, 2.05) is 0 Å². The van der Waals surface area contributed by atoms with Crippen LogP contribution >= 0.6 is 0 Å². The highest BCUT2D eigenvalue weighted by Crippen LogP contribution is 2.08. The zero-order valence-electron chi connectivity index (χ0n) is 10.1. The Kier molecular flexibility index (Phi) is 3.28. The smallest absolute Gasteiger partial charge is 0.343 e. The number of fused-ring (bicyclic) bond motifs is 1. The summed E-state index contributed by atoms with van der Waals surface area (Å²) in [6, 6.07) is 1.30. The number of hydrogen-bond acceptors (Lipinski definition) is 5. The summed E-state index contributed by atoms with van der Waals surface area (Å²) in [6.45, 7) is 1.80. The molecular weight excluding hydrogens is 250 g/mol. The van der Waals surface area contributed by atoms with Gasteiger partial charge < -0.3 is 15.5 Å². The summed E-state index contributed by atoms with van der Waals surface area (Å²) in [7, 11) is 0. The molecule has 0 aromatic carbocycles. The van der Waals surface area contributed by atoms with Crippen LogP contribution in [0.3, 0.4) is 0 Å². The maximum Gasteiger partial charge on any atom is 0.343 e. The van der Waals surface area contributed by atoms with Crippen molar-refractivity contribution in [2.75, 3.05) is 6.61 Å². The summed E-state index contributed by atoms with van der Waals surface area (Å²) >= 11 is 0. The summed E-state index contributed by atoms with van der Waals surface area (Å²) < 4.78 is 4.76. The van der Waals surface area contributed by atoms with E-state index in [2.05, 4.69) is 9.97 Å². The van der Waals surface area contributed by atoms with Gasteiger partial charge in [-0.2, -0.15) is 0 Å². The highest BCUT2D eigenvalue weighted by molar-refractivity contribution is 5.97. The predicted octanol–water partition coefficient (Wildman–Crippen LogP) is 0.199. The third-order valence-corrected chi connectivity index (χ3v) is 2.51. The normalized spacial score (nSPS) is 10.4. The molecule has 0 saturated carbocycles. The van der Waals surface area contributed by atoms with E-state index in [4.69, 9.17) is 10.5 Å². The first kappa shape index (κ1) is 12.7. The fourth-order valence-electron chi connectivity index (χ4n) is 1.60. The van der Waals surface area contributed by atoms with Crippen LogP contribution in [0.4, 0.5) is 0 Å². The fourth-order valence-corrected chi connectivity index (χ4v) is 1.60. The molecule has 19 heavy (non-hydrogen) atoms. The van der Waals surface area contributed by atoms with E-state index >= 15 is 0 Å². The molecule has 0 unspecified atom stereocenters. The Morgan fingerprint density at radius 1 is 1.47 bits per heavy atom. The molecule has 0 aliphatic heterocycles. The Bertz CT molecular complexity index is 720. The van der Waals surface area contributed by atoms with Crippen molar-refractivity contribution in [1.82, 2.24) is 9.97 Å². The van der Waals surface area contributed by atoms with Gasteiger partial charge in [-0.1, -0.05) is 0 Å². The molecule has 0 bridgehead atoms. The number of H-pyrrole nitrogens is 1. The number of aromatic nitrogens is 2. The van der Waals surface area contributed by atoms with Crippen LogP contribution in [0.25, 0.3) is 11.0 Å². The molecule has 7 nitrogen and oxygen atoms in total. The molecule has 0 aliphatic carbocycles. The number of ether oxygens (including phenoxy) is 1. The van der Waals surface area contributed by atoms with Crippen molar-refractivity contribution < 1.29 is 14.3 Å². The zero-order valence-corrected chi connectivity index (χ0v) is 10.1. The van der Waals surface area contributed by atoms with Crippen LogP contribution in [0.15, 0.2) is 23.3 Å². The van der Waals surface area contributed by atoms with Gasteiger partial charge in [-0.3, -0.25) is 9.59 Å². The van der Waals surface area contributed by atoms with Gasteiger partial charge in [0.1, 0.15) is 11.2 Å². The molecule has 2 aromatic rings. The number of pyridine rings is 2. The number of primary amides is 1. The Morgan fingerprint density at radius 3 is 2.84 bits per heavy atom. The summed E-state index contributed by atoms with van der Waals surface area (Å²) in [5, 5.41) is 0.113. The van der Waals surface area contributed by atoms with Crippen molar-refractivity contribution in [3.05, 3.63) is 39.8 Å². The average molecular weight is 261 g/mol. The number of carbonyl (C=O) groups is 2.